The molecule has 2 nitrogen and oxygen atoms in total. The maximum atomic E-state index is 13.3. The minimum Gasteiger partial charge on any atom is -0.346 e. The summed E-state index contributed by atoms with van der Waals surface area (Å²) in [6.07, 6.45) is 1.96. The van der Waals surface area contributed by atoms with Crippen LogP contribution in [0.1, 0.15) is 24.2 Å². The third kappa shape index (κ3) is 2.96. The topological polar surface area (TPSA) is 30.9 Å². The molecule has 1 unspecified atom stereocenters. The molecule has 0 spiro atoms. The van der Waals surface area contributed by atoms with E-state index >= 15 is 0 Å². The molecule has 2 aromatic rings. The molecule has 90 valence electrons. The summed E-state index contributed by atoms with van der Waals surface area (Å²) in [6.45, 7) is 2.56. The van der Waals surface area contributed by atoms with E-state index in [0.29, 0.717) is 6.54 Å². The van der Waals surface area contributed by atoms with Gasteiger partial charge < -0.3 is 10.3 Å². The quantitative estimate of drug-likeness (QED) is 0.924. The molecule has 0 aliphatic rings. The van der Waals surface area contributed by atoms with Gasteiger partial charge in [0.15, 0.2) is 0 Å². The Labute approximate surface area is 108 Å². The van der Waals surface area contributed by atoms with Crippen LogP contribution >= 0.6 is 15.9 Å². The number of hydrogen-bond acceptors (Lipinski definition) is 1. The fourth-order valence-corrected chi connectivity index (χ4v) is 2.40. The number of benzene rings is 1. The molecular formula is C13H14BrFN2. The zero-order valence-electron chi connectivity index (χ0n) is 9.53. The minimum absolute atomic E-state index is 0.0259. The first-order valence-corrected chi connectivity index (χ1v) is 6.21. The second-order valence-corrected chi connectivity index (χ2v) is 5.04. The van der Waals surface area contributed by atoms with Crippen LogP contribution in [0.15, 0.2) is 41.0 Å². The molecule has 4 heteroatoms. The van der Waals surface area contributed by atoms with E-state index in [1.165, 1.54) is 12.1 Å². The fraction of sp³-hybridized carbons (Fsp3) is 0.231. The number of hydrogen-bond donors (Lipinski definition) is 1. The third-order valence-corrected chi connectivity index (χ3v) is 3.06. The first kappa shape index (κ1) is 12.3. The van der Waals surface area contributed by atoms with Gasteiger partial charge in [0.2, 0.25) is 0 Å². The monoisotopic (exact) mass is 296 g/mol. The molecule has 17 heavy (non-hydrogen) atoms. The second kappa shape index (κ2) is 5.02. The van der Waals surface area contributed by atoms with Crippen LogP contribution in [0.3, 0.4) is 0 Å². The summed E-state index contributed by atoms with van der Waals surface area (Å²) in [5.74, 6) is -0.233. The average Bonchev–Trinajstić information content (AvgIpc) is 2.63. The van der Waals surface area contributed by atoms with E-state index in [1.807, 2.05) is 35.9 Å². The van der Waals surface area contributed by atoms with Crippen LogP contribution in [0.2, 0.25) is 0 Å². The number of nitrogens with zero attached hydrogens (tertiary/aromatic N) is 1. The lowest BCUT2D eigenvalue weighted by molar-refractivity contribution is 0.619. The average molecular weight is 297 g/mol. The number of nitrogens with two attached hydrogens (primary N) is 1. The van der Waals surface area contributed by atoms with Gasteiger partial charge in [-0.1, -0.05) is 15.9 Å². The van der Waals surface area contributed by atoms with E-state index in [0.717, 1.165) is 15.7 Å². The summed E-state index contributed by atoms with van der Waals surface area (Å²) in [7, 11) is 0. The van der Waals surface area contributed by atoms with Crippen molar-refractivity contribution in [2.45, 2.75) is 19.5 Å². The number of rotatable bonds is 3. The second-order valence-electron chi connectivity index (χ2n) is 4.13. The van der Waals surface area contributed by atoms with Crippen molar-refractivity contribution in [1.82, 2.24) is 4.57 Å². The van der Waals surface area contributed by atoms with Gasteiger partial charge in [-0.05, 0) is 42.8 Å². The smallest absolute Gasteiger partial charge is 0.124 e. The molecule has 0 bridgehead atoms. The molecule has 0 saturated heterocycles. The van der Waals surface area contributed by atoms with Crippen LogP contribution in [0.5, 0.6) is 0 Å². The van der Waals surface area contributed by atoms with Gasteiger partial charge in [0.25, 0.3) is 0 Å². The van der Waals surface area contributed by atoms with Crippen LogP contribution in [-0.2, 0) is 6.54 Å². The Morgan fingerprint density at radius 2 is 2.18 bits per heavy atom. The predicted molar refractivity (Wildman–Crippen MR) is 70.2 cm³/mol. The van der Waals surface area contributed by atoms with Gasteiger partial charge in [0.05, 0.1) is 0 Å². The molecule has 2 rings (SSSR count). The minimum atomic E-state index is -0.233. The summed E-state index contributed by atoms with van der Waals surface area (Å²) < 4.78 is 16.0. The van der Waals surface area contributed by atoms with Crippen molar-refractivity contribution in [2.24, 2.45) is 5.73 Å². The van der Waals surface area contributed by atoms with Crippen LogP contribution in [0.4, 0.5) is 4.39 Å². The van der Waals surface area contributed by atoms with Crippen LogP contribution in [0.25, 0.3) is 0 Å². The van der Waals surface area contributed by atoms with E-state index < -0.39 is 0 Å². The van der Waals surface area contributed by atoms with Gasteiger partial charge >= 0.3 is 0 Å². The highest BCUT2D eigenvalue weighted by Gasteiger charge is 2.07. The van der Waals surface area contributed by atoms with Gasteiger partial charge in [0, 0.05) is 29.0 Å². The van der Waals surface area contributed by atoms with Crippen molar-refractivity contribution in [1.29, 1.82) is 0 Å². The molecule has 0 aliphatic heterocycles. The van der Waals surface area contributed by atoms with Gasteiger partial charge in [-0.25, -0.2) is 4.39 Å². The van der Waals surface area contributed by atoms with Crippen molar-refractivity contribution in [2.75, 3.05) is 0 Å². The highest BCUT2D eigenvalue weighted by atomic mass is 79.9. The lowest BCUT2D eigenvalue weighted by Gasteiger charge is -2.12. The Balaban J connectivity index is 2.28. The standard InChI is InChI=1S/C13H14BrFN2/c1-9(16)13-3-2-4-17(13)8-10-5-11(14)7-12(15)6-10/h2-7,9H,8,16H2,1H3. The van der Waals surface area contributed by atoms with Crippen molar-refractivity contribution in [3.63, 3.8) is 0 Å². The molecule has 1 atom stereocenters. The Hall–Kier alpha value is -1.13. The first-order valence-electron chi connectivity index (χ1n) is 5.42. The van der Waals surface area contributed by atoms with Gasteiger partial charge in [0.1, 0.15) is 5.82 Å². The maximum absolute atomic E-state index is 13.3. The highest BCUT2D eigenvalue weighted by Crippen LogP contribution is 2.18. The summed E-state index contributed by atoms with van der Waals surface area (Å²) >= 11 is 3.29. The van der Waals surface area contributed by atoms with E-state index in [1.54, 1.807) is 0 Å². The molecule has 2 N–H and O–H groups in total. The lowest BCUT2D eigenvalue weighted by atomic mass is 10.2. The number of aromatic nitrogens is 1. The molecule has 0 amide bonds. The van der Waals surface area contributed by atoms with Crippen molar-refractivity contribution >= 4 is 15.9 Å². The zero-order chi connectivity index (χ0) is 12.4. The van der Waals surface area contributed by atoms with Crippen LogP contribution in [0, 0.1) is 5.82 Å². The SMILES string of the molecule is CC(N)c1cccn1Cc1cc(F)cc(Br)c1. The molecule has 0 saturated carbocycles. The molecular weight excluding hydrogens is 283 g/mol. The molecule has 1 aromatic carbocycles. The molecule has 0 radical (unpaired) electrons. The van der Waals surface area contributed by atoms with Crippen molar-refractivity contribution in [3.8, 4) is 0 Å². The van der Waals surface area contributed by atoms with Crippen LogP contribution in [-0.4, -0.2) is 4.57 Å². The maximum Gasteiger partial charge on any atom is 0.124 e. The Morgan fingerprint density at radius 3 is 2.82 bits per heavy atom. The largest absolute Gasteiger partial charge is 0.346 e. The van der Waals surface area contributed by atoms with Gasteiger partial charge in [-0.3, -0.25) is 0 Å². The molecule has 1 heterocycles. The Kier molecular flexibility index (Phi) is 3.64. The van der Waals surface area contributed by atoms with E-state index in [2.05, 4.69) is 15.9 Å². The highest BCUT2D eigenvalue weighted by molar-refractivity contribution is 9.10. The first-order chi connectivity index (χ1) is 8.06. The predicted octanol–water partition coefficient (Wildman–Crippen LogP) is 3.46. The normalized spacial score (nSPS) is 12.7. The molecule has 1 aromatic heterocycles. The van der Waals surface area contributed by atoms with E-state index in [4.69, 9.17) is 5.73 Å². The van der Waals surface area contributed by atoms with E-state index in [9.17, 15) is 4.39 Å². The summed E-state index contributed by atoms with van der Waals surface area (Å²) in [6, 6.07) is 8.81. The molecule has 0 aliphatic carbocycles. The summed E-state index contributed by atoms with van der Waals surface area (Å²) in [4.78, 5) is 0. The Bertz CT molecular complexity index is 500. The lowest BCUT2D eigenvalue weighted by Crippen LogP contribution is -2.12. The molecule has 0 fully saturated rings. The van der Waals surface area contributed by atoms with Gasteiger partial charge in [-0.2, -0.15) is 0 Å². The van der Waals surface area contributed by atoms with Crippen molar-refractivity contribution in [3.05, 3.63) is 58.1 Å². The fourth-order valence-electron chi connectivity index (χ4n) is 1.88. The summed E-state index contributed by atoms with van der Waals surface area (Å²) in [5, 5.41) is 0. The van der Waals surface area contributed by atoms with Crippen molar-refractivity contribution < 1.29 is 4.39 Å². The Morgan fingerprint density at radius 1 is 1.41 bits per heavy atom. The van der Waals surface area contributed by atoms with Gasteiger partial charge in [-0.15, -0.1) is 0 Å². The third-order valence-electron chi connectivity index (χ3n) is 2.61. The summed E-state index contributed by atoms with van der Waals surface area (Å²) in [5.41, 5.74) is 7.83. The zero-order valence-corrected chi connectivity index (χ0v) is 11.1. The van der Waals surface area contributed by atoms with E-state index in [-0.39, 0.29) is 11.9 Å². The van der Waals surface area contributed by atoms with Crippen LogP contribution < -0.4 is 5.73 Å². The number of halogens is 2.